The molecule has 0 fully saturated rings. The van der Waals surface area contributed by atoms with Gasteiger partial charge in [-0.05, 0) is 12.5 Å². The molecule has 1 amide bonds. The van der Waals surface area contributed by atoms with Gasteiger partial charge < -0.3 is 11.1 Å². The first-order valence-electron chi connectivity index (χ1n) is 5.73. The smallest absolute Gasteiger partial charge is 0.253 e. The van der Waals surface area contributed by atoms with Crippen LogP contribution in [0.3, 0.4) is 0 Å². The van der Waals surface area contributed by atoms with Crippen molar-refractivity contribution in [3.63, 3.8) is 0 Å². The molecular weight excluding hydrogens is 202 g/mol. The van der Waals surface area contributed by atoms with Crippen molar-refractivity contribution in [3.8, 4) is 0 Å². The van der Waals surface area contributed by atoms with Crippen LogP contribution in [0, 0.1) is 0 Å². The van der Waals surface area contributed by atoms with Crippen LogP contribution in [-0.2, 0) is 0 Å². The van der Waals surface area contributed by atoms with Crippen molar-refractivity contribution in [1.29, 1.82) is 0 Å². The van der Waals surface area contributed by atoms with Crippen LogP contribution >= 0.6 is 0 Å². The average Bonchev–Trinajstić information content (AvgIpc) is 2.29. The molecular formula is C12H19N3O. The van der Waals surface area contributed by atoms with Crippen molar-refractivity contribution >= 4 is 11.6 Å². The van der Waals surface area contributed by atoms with Crippen molar-refractivity contribution in [1.82, 2.24) is 10.3 Å². The third kappa shape index (κ3) is 3.88. The normalized spacial score (nSPS) is 10.1. The summed E-state index contributed by atoms with van der Waals surface area (Å²) >= 11 is 0. The number of nitrogens with zero attached hydrogens (tertiary/aromatic N) is 1. The second-order valence-electron chi connectivity index (χ2n) is 3.78. The van der Waals surface area contributed by atoms with Crippen LogP contribution in [0.25, 0.3) is 0 Å². The van der Waals surface area contributed by atoms with Crippen LogP contribution in [0.4, 0.5) is 5.69 Å². The topological polar surface area (TPSA) is 68.0 Å². The molecule has 0 aromatic carbocycles. The van der Waals surface area contributed by atoms with Crippen LogP contribution in [0.15, 0.2) is 18.5 Å². The fourth-order valence-corrected chi connectivity index (χ4v) is 1.46. The Morgan fingerprint density at radius 2 is 2.25 bits per heavy atom. The molecule has 0 unspecified atom stereocenters. The molecule has 0 radical (unpaired) electrons. The highest BCUT2D eigenvalue weighted by Gasteiger charge is 2.07. The van der Waals surface area contributed by atoms with Gasteiger partial charge in [-0.25, -0.2) is 0 Å². The number of nitrogens with two attached hydrogens (primary N) is 1. The zero-order valence-electron chi connectivity index (χ0n) is 9.70. The summed E-state index contributed by atoms with van der Waals surface area (Å²) in [6.07, 6.45) is 7.65. The predicted molar refractivity (Wildman–Crippen MR) is 65.1 cm³/mol. The molecule has 4 nitrogen and oxygen atoms in total. The van der Waals surface area contributed by atoms with Crippen molar-refractivity contribution in [2.24, 2.45) is 0 Å². The summed E-state index contributed by atoms with van der Waals surface area (Å²) < 4.78 is 0. The molecule has 0 aliphatic carbocycles. The standard InChI is InChI=1S/C12H19N3O/c1-2-3-4-5-7-15-12(16)10-6-8-14-9-11(10)13/h6,8-9H,2-5,7,13H2,1H3,(H,15,16). The average molecular weight is 221 g/mol. The molecule has 3 N–H and O–H groups in total. The summed E-state index contributed by atoms with van der Waals surface area (Å²) in [4.78, 5) is 15.5. The lowest BCUT2D eigenvalue weighted by molar-refractivity contribution is 0.0953. The van der Waals surface area contributed by atoms with Crippen molar-refractivity contribution in [3.05, 3.63) is 24.0 Å². The molecule has 0 spiro atoms. The minimum Gasteiger partial charge on any atom is -0.397 e. The molecule has 88 valence electrons. The molecule has 1 aromatic heterocycles. The summed E-state index contributed by atoms with van der Waals surface area (Å²) in [7, 11) is 0. The highest BCUT2D eigenvalue weighted by atomic mass is 16.1. The lowest BCUT2D eigenvalue weighted by Gasteiger charge is -2.06. The number of anilines is 1. The van der Waals surface area contributed by atoms with Gasteiger partial charge in [-0.2, -0.15) is 0 Å². The number of unbranched alkanes of at least 4 members (excludes halogenated alkanes) is 3. The summed E-state index contributed by atoms with van der Waals surface area (Å²) in [5.74, 6) is -0.114. The quantitative estimate of drug-likeness (QED) is 0.722. The van der Waals surface area contributed by atoms with Gasteiger partial charge in [0.15, 0.2) is 0 Å². The Morgan fingerprint density at radius 1 is 1.44 bits per heavy atom. The minimum absolute atomic E-state index is 0.114. The van der Waals surface area contributed by atoms with E-state index in [2.05, 4.69) is 17.2 Å². The number of carbonyl (C=O) groups excluding carboxylic acids is 1. The first-order valence-corrected chi connectivity index (χ1v) is 5.73. The van der Waals surface area contributed by atoms with Crippen LogP contribution in [0.5, 0.6) is 0 Å². The molecule has 16 heavy (non-hydrogen) atoms. The second-order valence-corrected chi connectivity index (χ2v) is 3.78. The Bertz CT molecular complexity index is 339. The molecule has 1 rings (SSSR count). The zero-order chi connectivity index (χ0) is 11.8. The van der Waals surface area contributed by atoms with E-state index in [1.807, 2.05) is 0 Å². The van der Waals surface area contributed by atoms with Gasteiger partial charge in [-0.15, -0.1) is 0 Å². The Hall–Kier alpha value is -1.58. The lowest BCUT2D eigenvalue weighted by atomic mass is 10.2. The van der Waals surface area contributed by atoms with E-state index in [1.165, 1.54) is 19.0 Å². The van der Waals surface area contributed by atoms with Gasteiger partial charge in [0.05, 0.1) is 17.4 Å². The number of aromatic nitrogens is 1. The largest absolute Gasteiger partial charge is 0.397 e. The van der Waals surface area contributed by atoms with Crippen LogP contribution in [0.2, 0.25) is 0 Å². The van der Waals surface area contributed by atoms with Gasteiger partial charge in [0.25, 0.3) is 5.91 Å². The SMILES string of the molecule is CCCCCCNC(=O)c1ccncc1N. The predicted octanol–water partition coefficient (Wildman–Crippen LogP) is 1.97. The Kier molecular flexibility index (Phi) is 5.32. The van der Waals surface area contributed by atoms with E-state index in [4.69, 9.17) is 5.73 Å². The molecule has 0 atom stereocenters. The van der Waals surface area contributed by atoms with E-state index >= 15 is 0 Å². The number of hydrogen-bond acceptors (Lipinski definition) is 3. The molecule has 0 aliphatic heterocycles. The number of nitrogen functional groups attached to an aromatic ring is 1. The maximum atomic E-state index is 11.7. The molecule has 4 heteroatoms. The molecule has 1 heterocycles. The monoisotopic (exact) mass is 221 g/mol. The first kappa shape index (κ1) is 12.5. The van der Waals surface area contributed by atoms with E-state index < -0.39 is 0 Å². The second kappa shape index (κ2) is 6.82. The van der Waals surface area contributed by atoms with Gasteiger partial charge in [-0.3, -0.25) is 9.78 Å². The van der Waals surface area contributed by atoms with Crippen LogP contribution < -0.4 is 11.1 Å². The summed E-state index contributed by atoms with van der Waals surface area (Å²) in [6.45, 7) is 2.87. The Morgan fingerprint density at radius 3 is 2.94 bits per heavy atom. The highest BCUT2D eigenvalue weighted by molar-refractivity contribution is 5.98. The van der Waals surface area contributed by atoms with Gasteiger partial charge in [-0.1, -0.05) is 26.2 Å². The van der Waals surface area contributed by atoms with E-state index in [-0.39, 0.29) is 5.91 Å². The number of nitrogens with one attached hydrogen (secondary N) is 1. The maximum Gasteiger partial charge on any atom is 0.253 e. The van der Waals surface area contributed by atoms with E-state index in [1.54, 1.807) is 12.3 Å². The molecule has 0 bridgehead atoms. The summed E-state index contributed by atoms with van der Waals surface area (Å²) in [6, 6.07) is 1.64. The number of pyridine rings is 1. The number of hydrogen-bond donors (Lipinski definition) is 2. The fraction of sp³-hybridized carbons (Fsp3) is 0.500. The van der Waals surface area contributed by atoms with Crippen LogP contribution in [0.1, 0.15) is 43.0 Å². The fourth-order valence-electron chi connectivity index (χ4n) is 1.46. The van der Waals surface area contributed by atoms with Crippen molar-refractivity contribution < 1.29 is 4.79 Å². The van der Waals surface area contributed by atoms with Gasteiger partial charge in [0.1, 0.15) is 0 Å². The highest BCUT2D eigenvalue weighted by Crippen LogP contribution is 2.08. The van der Waals surface area contributed by atoms with Crippen molar-refractivity contribution in [2.75, 3.05) is 12.3 Å². The Labute approximate surface area is 96.3 Å². The maximum absolute atomic E-state index is 11.7. The zero-order valence-corrected chi connectivity index (χ0v) is 9.70. The van der Waals surface area contributed by atoms with E-state index in [9.17, 15) is 4.79 Å². The lowest BCUT2D eigenvalue weighted by Crippen LogP contribution is -2.25. The van der Waals surface area contributed by atoms with E-state index in [0.29, 0.717) is 17.8 Å². The summed E-state index contributed by atoms with van der Waals surface area (Å²) in [5.41, 5.74) is 6.58. The Balaban J connectivity index is 2.33. The third-order valence-electron chi connectivity index (χ3n) is 2.41. The first-order chi connectivity index (χ1) is 7.75. The molecule has 1 aromatic rings. The number of amides is 1. The summed E-state index contributed by atoms with van der Waals surface area (Å²) in [5, 5.41) is 2.85. The number of rotatable bonds is 6. The molecule has 0 saturated heterocycles. The number of carbonyl (C=O) groups is 1. The van der Waals surface area contributed by atoms with Crippen LogP contribution in [-0.4, -0.2) is 17.4 Å². The van der Waals surface area contributed by atoms with Gasteiger partial charge in [0, 0.05) is 12.7 Å². The molecule has 0 saturated carbocycles. The van der Waals surface area contributed by atoms with Gasteiger partial charge in [0.2, 0.25) is 0 Å². The molecule has 0 aliphatic rings. The van der Waals surface area contributed by atoms with E-state index in [0.717, 1.165) is 12.8 Å². The van der Waals surface area contributed by atoms with Gasteiger partial charge >= 0.3 is 0 Å². The van der Waals surface area contributed by atoms with Crippen molar-refractivity contribution in [2.45, 2.75) is 32.6 Å². The minimum atomic E-state index is -0.114. The third-order valence-corrected chi connectivity index (χ3v) is 2.41.